The Balaban J connectivity index is 2.04. The molecule has 30 heavy (non-hydrogen) atoms. The highest BCUT2D eigenvalue weighted by atomic mass is 16.6. The monoisotopic (exact) mass is 425 g/mol. The smallest absolute Gasteiger partial charge is 0.412 e. The lowest BCUT2D eigenvalue weighted by Gasteiger charge is -2.35. The number of hydrogen-bond donors (Lipinski definition) is 2. The molecule has 0 aromatic rings. The van der Waals surface area contributed by atoms with E-state index in [1.807, 2.05) is 41.5 Å². The van der Waals surface area contributed by atoms with Crippen LogP contribution in [0.5, 0.6) is 0 Å². The number of amides is 1. The van der Waals surface area contributed by atoms with Crippen LogP contribution in [0.2, 0.25) is 0 Å². The molecular formula is C22H43N5O3. The Morgan fingerprint density at radius 3 is 2.60 bits per heavy atom. The number of rotatable bonds is 5. The summed E-state index contributed by atoms with van der Waals surface area (Å²) in [6, 6.07) is -0.153. The number of ether oxygens (including phenoxy) is 2. The van der Waals surface area contributed by atoms with Crippen LogP contribution in [0, 0.1) is 5.92 Å². The summed E-state index contributed by atoms with van der Waals surface area (Å²) >= 11 is 0. The van der Waals surface area contributed by atoms with E-state index in [-0.39, 0.29) is 18.2 Å². The van der Waals surface area contributed by atoms with Crippen LogP contribution in [0.3, 0.4) is 0 Å². The van der Waals surface area contributed by atoms with Crippen LogP contribution in [0.4, 0.5) is 4.79 Å². The highest BCUT2D eigenvalue weighted by Gasteiger charge is 2.49. The van der Waals surface area contributed by atoms with Gasteiger partial charge in [-0.2, -0.15) is 0 Å². The maximum atomic E-state index is 12.9. The average molecular weight is 426 g/mol. The van der Waals surface area contributed by atoms with Gasteiger partial charge in [-0.25, -0.2) is 4.79 Å². The lowest BCUT2D eigenvalue weighted by molar-refractivity contribution is -0.0755. The molecule has 3 unspecified atom stereocenters. The van der Waals surface area contributed by atoms with Crippen LogP contribution in [-0.2, 0) is 9.47 Å². The summed E-state index contributed by atoms with van der Waals surface area (Å²) in [6.07, 6.45) is 1.99. The van der Waals surface area contributed by atoms with E-state index in [2.05, 4.69) is 29.5 Å². The Labute approximate surface area is 182 Å². The zero-order valence-corrected chi connectivity index (χ0v) is 20.2. The zero-order chi connectivity index (χ0) is 22.5. The molecule has 2 aliphatic heterocycles. The third-order valence-electron chi connectivity index (χ3n) is 5.57. The molecule has 3 atom stereocenters. The Hall–Kier alpha value is -1.54. The maximum absolute atomic E-state index is 12.9. The van der Waals surface area contributed by atoms with Crippen molar-refractivity contribution in [2.75, 3.05) is 39.8 Å². The molecule has 0 aliphatic carbocycles. The third kappa shape index (κ3) is 7.01. The van der Waals surface area contributed by atoms with Gasteiger partial charge < -0.3 is 25.0 Å². The number of nitrogens with zero attached hydrogens (tertiary/aromatic N) is 3. The van der Waals surface area contributed by atoms with Gasteiger partial charge in [0.1, 0.15) is 11.3 Å². The maximum Gasteiger partial charge on any atom is 0.412 e. The fourth-order valence-corrected chi connectivity index (χ4v) is 4.31. The summed E-state index contributed by atoms with van der Waals surface area (Å²) in [6.45, 7) is 17.9. The van der Waals surface area contributed by atoms with Crippen LogP contribution < -0.4 is 10.6 Å². The fraction of sp³-hybridized carbons (Fsp3) is 0.909. The predicted molar refractivity (Wildman–Crippen MR) is 121 cm³/mol. The first-order valence-electron chi connectivity index (χ1n) is 11.3. The van der Waals surface area contributed by atoms with Gasteiger partial charge in [0.15, 0.2) is 5.96 Å². The van der Waals surface area contributed by atoms with E-state index in [4.69, 9.17) is 14.5 Å². The number of nitrogens with one attached hydrogen (secondary N) is 2. The number of guanidine groups is 1. The highest BCUT2D eigenvalue weighted by molar-refractivity contribution is 5.80. The van der Waals surface area contributed by atoms with Gasteiger partial charge >= 0.3 is 6.09 Å². The SMILES string of the molecule is CCNC(=NCC1CCCN(C)C1)NCC1C(C)OC(C)(C)N1C(=O)OC(C)(C)C. The van der Waals surface area contributed by atoms with Crippen molar-refractivity contribution in [2.45, 2.75) is 84.8 Å². The van der Waals surface area contributed by atoms with Crippen LogP contribution in [0.15, 0.2) is 4.99 Å². The van der Waals surface area contributed by atoms with Crippen molar-refractivity contribution in [2.24, 2.45) is 10.9 Å². The Kier molecular flexibility index (Phi) is 8.39. The van der Waals surface area contributed by atoms with Crippen LogP contribution in [0.25, 0.3) is 0 Å². The topological polar surface area (TPSA) is 78.4 Å². The summed E-state index contributed by atoms with van der Waals surface area (Å²) in [5, 5.41) is 6.75. The molecule has 0 saturated carbocycles. The van der Waals surface area contributed by atoms with Gasteiger partial charge in [-0.1, -0.05) is 0 Å². The predicted octanol–water partition coefficient (Wildman–Crippen LogP) is 2.64. The Morgan fingerprint density at radius 1 is 1.30 bits per heavy atom. The van der Waals surface area contributed by atoms with Crippen molar-refractivity contribution in [1.82, 2.24) is 20.4 Å². The van der Waals surface area contributed by atoms with Crippen LogP contribution in [-0.4, -0.2) is 85.1 Å². The lowest BCUT2D eigenvalue weighted by atomic mass is 9.99. The standard InChI is InChI=1S/C22H43N5O3/c1-9-23-19(24-13-17-11-10-12-26(8)15-17)25-14-18-16(2)29-22(6,7)27(18)20(28)30-21(3,4)5/h16-18H,9-15H2,1-8H3,(H2,23,24,25). The van der Waals surface area contributed by atoms with E-state index in [0.29, 0.717) is 12.5 Å². The summed E-state index contributed by atoms with van der Waals surface area (Å²) in [7, 11) is 2.17. The van der Waals surface area contributed by atoms with Gasteiger partial charge in [0.2, 0.25) is 0 Å². The number of likely N-dealkylation sites (tertiary alicyclic amines) is 1. The quantitative estimate of drug-likeness (QED) is 0.521. The molecule has 8 heteroatoms. The molecule has 1 amide bonds. The molecule has 0 aromatic carbocycles. The molecule has 2 N–H and O–H groups in total. The van der Waals surface area contributed by atoms with E-state index >= 15 is 0 Å². The summed E-state index contributed by atoms with van der Waals surface area (Å²) in [5.41, 5.74) is -1.28. The molecule has 0 bridgehead atoms. The average Bonchev–Trinajstić information content (AvgIpc) is 2.84. The van der Waals surface area contributed by atoms with E-state index in [9.17, 15) is 4.79 Å². The van der Waals surface area contributed by atoms with Crippen molar-refractivity contribution in [3.05, 3.63) is 0 Å². The Morgan fingerprint density at radius 2 is 2.00 bits per heavy atom. The first-order chi connectivity index (χ1) is 13.9. The van der Waals surface area contributed by atoms with Crippen LogP contribution in [0.1, 0.15) is 61.3 Å². The summed E-state index contributed by atoms with van der Waals surface area (Å²) < 4.78 is 11.7. The van der Waals surface area contributed by atoms with Gasteiger partial charge in [0.05, 0.1) is 12.1 Å². The third-order valence-corrected chi connectivity index (χ3v) is 5.57. The van der Waals surface area contributed by atoms with Crippen molar-refractivity contribution in [3.8, 4) is 0 Å². The Bertz CT molecular complexity index is 602. The van der Waals surface area contributed by atoms with E-state index in [0.717, 1.165) is 25.6 Å². The van der Waals surface area contributed by atoms with Gasteiger partial charge in [-0.3, -0.25) is 9.89 Å². The fourth-order valence-electron chi connectivity index (χ4n) is 4.31. The molecule has 8 nitrogen and oxygen atoms in total. The van der Waals surface area contributed by atoms with Crippen molar-refractivity contribution >= 4 is 12.1 Å². The summed E-state index contributed by atoms with van der Waals surface area (Å²) in [4.78, 5) is 21.8. The summed E-state index contributed by atoms with van der Waals surface area (Å²) in [5.74, 6) is 1.37. The second-order valence-electron chi connectivity index (χ2n) is 10.1. The van der Waals surface area contributed by atoms with Gasteiger partial charge in [0, 0.05) is 26.2 Å². The second kappa shape index (κ2) is 10.2. The first-order valence-corrected chi connectivity index (χ1v) is 11.3. The van der Waals surface area contributed by atoms with Crippen molar-refractivity contribution in [1.29, 1.82) is 0 Å². The highest BCUT2D eigenvalue weighted by Crippen LogP contribution is 2.33. The number of aliphatic imine (C=N–C) groups is 1. The second-order valence-corrected chi connectivity index (χ2v) is 10.1. The van der Waals surface area contributed by atoms with Crippen molar-refractivity contribution < 1.29 is 14.3 Å². The minimum Gasteiger partial charge on any atom is -0.444 e. The molecule has 2 fully saturated rings. The molecule has 0 aromatic heterocycles. The van der Waals surface area contributed by atoms with Crippen LogP contribution >= 0.6 is 0 Å². The number of hydrogen-bond acceptors (Lipinski definition) is 5. The number of piperidine rings is 1. The van der Waals surface area contributed by atoms with Gasteiger partial charge in [-0.05, 0) is 80.8 Å². The zero-order valence-electron chi connectivity index (χ0n) is 20.2. The largest absolute Gasteiger partial charge is 0.444 e. The molecule has 0 radical (unpaired) electrons. The number of carbonyl (C=O) groups is 1. The van der Waals surface area contributed by atoms with E-state index < -0.39 is 11.3 Å². The number of carbonyl (C=O) groups excluding carboxylic acids is 1. The molecule has 2 aliphatic rings. The first kappa shape index (κ1) is 24.7. The van der Waals surface area contributed by atoms with E-state index in [1.165, 1.54) is 19.4 Å². The minimum atomic E-state index is -0.726. The molecule has 2 saturated heterocycles. The van der Waals surface area contributed by atoms with Gasteiger partial charge in [0.25, 0.3) is 0 Å². The lowest BCUT2D eigenvalue weighted by Crippen LogP contribution is -2.54. The van der Waals surface area contributed by atoms with Crippen molar-refractivity contribution in [3.63, 3.8) is 0 Å². The van der Waals surface area contributed by atoms with E-state index in [1.54, 1.807) is 4.90 Å². The molecule has 0 spiro atoms. The minimum absolute atomic E-state index is 0.116. The molecule has 2 rings (SSSR count). The molecule has 174 valence electrons. The normalized spacial score (nSPS) is 27.8. The molecule has 2 heterocycles. The molecular weight excluding hydrogens is 382 g/mol. The van der Waals surface area contributed by atoms with Gasteiger partial charge in [-0.15, -0.1) is 0 Å².